The van der Waals surface area contributed by atoms with Crippen molar-refractivity contribution in [1.29, 1.82) is 0 Å². The maximum atomic E-state index is 12.8. The number of carbonyl (C=O) groups excluding carboxylic acids is 2. The summed E-state index contributed by atoms with van der Waals surface area (Å²) in [5.41, 5.74) is -0.869. The molecule has 1 N–H and O–H groups in total. The van der Waals surface area contributed by atoms with Gasteiger partial charge < -0.3 is 10.1 Å². The number of halogens is 4. The first-order chi connectivity index (χ1) is 11.7. The molecule has 0 saturated heterocycles. The summed E-state index contributed by atoms with van der Waals surface area (Å²) in [7, 11) is 0. The quantitative estimate of drug-likeness (QED) is 0.783. The molecule has 0 saturated carbocycles. The van der Waals surface area contributed by atoms with Crippen LogP contribution in [-0.2, 0) is 11.0 Å². The van der Waals surface area contributed by atoms with Gasteiger partial charge in [-0.25, -0.2) is 0 Å². The van der Waals surface area contributed by atoms with Crippen LogP contribution in [0.4, 0.5) is 18.9 Å². The monoisotopic (exact) mass is 371 g/mol. The number of hydrogen-bond donors (Lipinski definition) is 1. The third kappa shape index (κ3) is 4.73. The maximum Gasteiger partial charge on any atom is 0.416 e. The number of ether oxygens (including phenoxy) is 1. The largest absolute Gasteiger partial charge is 0.480 e. The molecule has 0 aliphatic heterocycles. The number of amides is 1. The minimum Gasteiger partial charge on any atom is -0.480 e. The summed E-state index contributed by atoms with van der Waals surface area (Å²) in [5.74, 6) is -0.516. The zero-order valence-corrected chi connectivity index (χ0v) is 13.7. The van der Waals surface area contributed by atoms with Crippen molar-refractivity contribution in [2.75, 3.05) is 5.32 Å². The van der Waals surface area contributed by atoms with Crippen LogP contribution in [0.1, 0.15) is 22.8 Å². The molecule has 0 radical (unpaired) electrons. The van der Waals surface area contributed by atoms with Gasteiger partial charge in [0.25, 0.3) is 5.91 Å². The molecule has 0 aliphatic carbocycles. The molecule has 2 aromatic rings. The molecule has 8 heteroatoms. The van der Waals surface area contributed by atoms with Crippen molar-refractivity contribution in [2.45, 2.75) is 19.2 Å². The van der Waals surface area contributed by atoms with Gasteiger partial charge in [-0.3, -0.25) is 9.59 Å². The van der Waals surface area contributed by atoms with Gasteiger partial charge in [0, 0.05) is 0 Å². The van der Waals surface area contributed by atoms with Gasteiger partial charge in [0.1, 0.15) is 5.75 Å². The van der Waals surface area contributed by atoms with Crippen LogP contribution in [0.25, 0.3) is 0 Å². The van der Waals surface area contributed by atoms with Gasteiger partial charge in [0.05, 0.1) is 21.8 Å². The summed E-state index contributed by atoms with van der Waals surface area (Å²) >= 11 is 5.83. The van der Waals surface area contributed by atoms with Crippen LogP contribution >= 0.6 is 11.6 Å². The van der Waals surface area contributed by atoms with Gasteiger partial charge in [0.2, 0.25) is 0 Å². The Morgan fingerprint density at radius 3 is 2.56 bits per heavy atom. The lowest BCUT2D eigenvalue weighted by atomic mass is 10.2. The topological polar surface area (TPSA) is 55.4 Å². The summed E-state index contributed by atoms with van der Waals surface area (Å²) in [6.07, 6.45) is -5.05. The molecule has 25 heavy (non-hydrogen) atoms. The molecule has 1 atom stereocenters. The summed E-state index contributed by atoms with van der Waals surface area (Å²) < 4.78 is 43.7. The van der Waals surface area contributed by atoms with E-state index in [-0.39, 0.29) is 22.0 Å². The van der Waals surface area contributed by atoms with Crippen LogP contribution in [0.2, 0.25) is 5.02 Å². The smallest absolute Gasteiger partial charge is 0.416 e. The molecule has 0 aliphatic rings. The minimum absolute atomic E-state index is 0.0400. The minimum atomic E-state index is -4.56. The average Bonchev–Trinajstić information content (AvgIpc) is 2.56. The molecule has 0 bridgehead atoms. The second-order valence-electron chi connectivity index (χ2n) is 5.10. The van der Waals surface area contributed by atoms with Gasteiger partial charge in [-0.05, 0) is 37.3 Å². The van der Waals surface area contributed by atoms with Crippen molar-refractivity contribution in [3.8, 4) is 5.75 Å². The van der Waals surface area contributed by atoms with Gasteiger partial charge in [-0.1, -0.05) is 23.7 Å². The van der Waals surface area contributed by atoms with E-state index in [1.54, 1.807) is 12.1 Å². The fraction of sp³-hybridized carbons (Fsp3) is 0.176. The maximum absolute atomic E-state index is 12.8. The molecule has 2 rings (SSSR count). The fourth-order valence-electron chi connectivity index (χ4n) is 1.96. The molecule has 0 fully saturated rings. The van der Waals surface area contributed by atoms with E-state index in [2.05, 4.69) is 5.32 Å². The lowest BCUT2D eigenvalue weighted by Gasteiger charge is -2.17. The molecular weight excluding hydrogens is 359 g/mol. The number of benzene rings is 2. The Balaban J connectivity index is 2.15. The highest BCUT2D eigenvalue weighted by atomic mass is 35.5. The zero-order valence-electron chi connectivity index (χ0n) is 12.9. The van der Waals surface area contributed by atoms with Gasteiger partial charge >= 0.3 is 6.18 Å². The number of nitrogens with one attached hydrogen (secondary N) is 1. The third-order valence-electron chi connectivity index (χ3n) is 3.27. The van der Waals surface area contributed by atoms with Crippen molar-refractivity contribution in [2.24, 2.45) is 0 Å². The van der Waals surface area contributed by atoms with E-state index in [0.29, 0.717) is 6.29 Å². The average molecular weight is 372 g/mol. The van der Waals surface area contributed by atoms with Crippen LogP contribution in [-0.4, -0.2) is 18.3 Å². The Morgan fingerprint density at radius 2 is 1.92 bits per heavy atom. The zero-order chi connectivity index (χ0) is 18.6. The summed E-state index contributed by atoms with van der Waals surface area (Å²) in [4.78, 5) is 23.1. The summed E-state index contributed by atoms with van der Waals surface area (Å²) in [6.45, 7) is 1.40. The van der Waals surface area contributed by atoms with Crippen LogP contribution in [0, 0.1) is 0 Å². The van der Waals surface area contributed by atoms with Crippen molar-refractivity contribution >= 4 is 29.5 Å². The standard InChI is InChI=1S/C17H13ClF3NO3/c1-10(25-15-5-3-2-4-11(15)9-23)16(24)22-14-8-12(17(19,20)21)6-7-13(14)18/h2-10H,1H3,(H,22,24)/t10-/m1/s1. The highest BCUT2D eigenvalue weighted by Crippen LogP contribution is 2.34. The lowest BCUT2D eigenvalue weighted by molar-refractivity contribution is -0.137. The first-order valence-corrected chi connectivity index (χ1v) is 7.48. The van der Waals surface area contributed by atoms with Crippen LogP contribution in [0.5, 0.6) is 5.75 Å². The van der Waals surface area contributed by atoms with Crippen LogP contribution in [0.3, 0.4) is 0 Å². The molecular formula is C17H13ClF3NO3. The van der Waals surface area contributed by atoms with Gasteiger partial charge in [0.15, 0.2) is 12.4 Å². The van der Waals surface area contributed by atoms with Gasteiger partial charge in [-0.2, -0.15) is 13.2 Å². The van der Waals surface area contributed by atoms with Crippen molar-refractivity contribution in [3.63, 3.8) is 0 Å². The molecule has 0 aromatic heterocycles. The Kier molecular flexibility index (Phi) is 5.69. The van der Waals surface area contributed by atoms with Crippen LogP contribution < -0.4 is 10.1 Å². The number of aldehydes is 1. The van der Waals surface area contributed by atoms with Gasteiger partial charge in [-0.15, -0.1) is 0 Å². The SMILES string of the molecule is C[C@@H](Oc1ccccc1C=O)C(=O)Nc1cc(C(F)(F)F)ccc1Cl. The highest BCUT2D eigenvalue weighted by molar-refractivity contribution is 6.33. The number of rotatable bonds is 5. The van der Waals surface area contributed by atoms with E-state index in [0.717, 1.165) is 18.2 Å². The van der Waals surface area contributed by atoms with E-state index in [9.17, 15) is 22.8 Å². The Hall–Kier alpha value is -2.54. The van der Waals surface area contributed by atoms with Crippen molar-refractivity contribution in [3.05, 3.63) is 58.6 Å². The van der Waals surface area contributed by atoms with Crippen LogP contribution in [0.15, 0.2) is 42.5 Å². The molecule has 0 unspecified atom stereocenters. The predicted molar refractivity (Wildman–Crippen MR) is 87.0 cm³/mol. The number of alkyl halides is 3. The molecule has 2 aromatic carbocycles. The van der Waals surface area contributed by atoms with Crippen molar-refractivity contribution < 1.29 is 27.5 Å². The Bertz CT molecular complexity index is 793. The van der Waals surface area contributed by atoms with Crippen molar-refractivity contribution in [1.82, 2.24) is 0 Å². The fourth-order valence-corrected chi connectivity index (χ4v) is 2.13. The number of carbonyl (C=O) groups is 2. The molecule has 132 valence electrons. The third-order valence-corrected chi connectivity index (χ3v) is 3.60. The van der Waals surface area contributed by atoms with E-state index in [1.165, 1.54) is 19.1 Å². The Labute approximate surface area is 146 Å². The molecule has 0 heterocycles. The Morgan fingerprint density at radius 1 is 1.24 bits per heavy atom. The first kappa shape index (κ1) is 18.8. The number of anilines is 1. The number of para-hydroxylation sites is 1. The molecule has 0 spiro atoms. The van der Waals surface area contributed by atoms with E-state index >= 15 is 0 Å². The molecule has 4 nitrogen and oxygen atoms in total. The normalized spacial score (nSPS) is 12.4. The van der Waals surface area contributed by atoms with E-state index < -0.39 is 23.8 Å². The second kappa shape index (κ2) is 7.57. The summed E-state index contributed by atoms with van der Waals surface area (Å²) in [5, 5.41) is 2.26. The highest BCUT2D eigenvalue weighted by Gasteiger charge is 2.31. The number of hydrogen-bond acceptors (Lipinski definition) is 3. The molecule has 1 amide bonds. The van der Waals surface area contributed by atoms with E-state index in [4.69, 9.17) is 16.3 Å². The predicted octanol–water partition coefficient (Wildman–Crippen LogP) is 4.58. The second-order valence-corrected chi connectivity index (χ2v) is 5.50. The van der Waals surface area contributed by atoms with E-state index in [1.807, 2.05) is 0 Å². The first-order valence-electron chi connectivity index (χ1n) is 7.11. The lowest BCUT2D eigenvalue weighted by Crippen LogP contribution is -2.30. The summed E-state index contributed by atoms with van der Waals surface area (Å²) in [6, 6.07) is 8.87.